The molecule has 0 saturated heterocycles. The van der Waals surface area contributed by atoms with Crippen molar-refractivity contribution in [2.45, 2.75) is 26.7 Å². The van der Waals surface area contributed by atoms with Crippen LogP contribution in [0, 0.1) is 10.8 Å². The quantitative estimate of drug-likeness (QED) is 0.189. The van der Waals surface area contributed by atoms with Crippen molar-refractivity contribution < 1.29 is 15.3 Å². The molecule has 0 unspecified atom stereocenters. The van der Waals surface area contributed by atoms with E-state index in [-0.39, 0.29) is 40.4 Å². The van der Waals surface area contributed by atoms with Crippen molar-refractivity contribution in [3.8, 4) is 17.2 Å². The molecule has 8 heteroatoms. The van der Waals surface area contributed by atoms with Crippen LogP contribution in [0.25, 0.3) is 0 Å². The van der Waals surface area contributed by atoms with E-state index in [9.17, 15) is 15.3 Å². The molecule has 0 heterocycles. The Morgan fingerprint density at radius 3 is 2.14 bits per heavy atom. The lowest BCUT2D eigenvalue weighted by atomic mass is 9.97. The highest BCUT2D eigenvalue weighted by Crippen LogP contribution is 2.34. The van der Waals surface area contributed by atoms with E-state index in [0.717, 1.165) is 25.3 Å². The van der Waals surface area contributed by atoms with Crippen LogP contribution in [-0.2, 0) is 0 Å². The third-order valence-electron chi connectivity index (χ3n) is 6.08. The number of aromatic hydroxyl groups is 3. The van der Waals surface area contributed by atoms with E-state index in [1.165, 1.54) is 23.1 Å². The van der Waals surface area contributed by atoms with E-state index >= 15 is 0 Å². The second kappa shape index (κ2) is 11.6. The number of likely N-dealkylation sites (N-methyl/N-ethyl adjacent to an activating group) is 2. The molecule has 0 amide bonds. The molecule has 0 saturated carbocycles. The Balaban J connectivity index is 2.09. The minimum Gasteiger partial charge on any atom is -0.508 e. The van der Waals surface area contributed by atoms with Gasteiger partial charge in [-0.1, -0.05) is 26.0 Å². The molecule has 0 bridgehead atoms. The van der Waals surface area contributed by atoms with Crippen LogP contribution in [0.1, 0.15) is 43.4 Å². The van der Waals surface area contributed by atoms with Crippen LogP contribution in [0.3, 0.4) is 0 Å². The van der Waals surface area contributed by atoms with E-state index in [4.69, 9.17) is 10.8 Å². The lowest BCUT2D eigenvalue weighted by Gasteiger charge is -2.28. The van der Waals surface area contributed by atoms with Gasteiger partial charge in [-0.2, -0.15) is 0 Å². The molecule has 36 heavy (non-hydrogen) atoms. The lowest BCUT2D eigenvalue weighted by Crippen LogP contribution is -2.37. The average Bonchev–Trinajstić information content (AvgIpc) is 2.85. The number of anilines is 2. The Morgan fingerprint density at radius 1 is 0.889 bits per heavy atom. The van der Waals surface area contributed by atoms with E-state index < -0.39 is 0 Å². The number of rotatable bonds is 9. The molecule has 6 N–H and O–H groups in total. The number of nitrogens with one attached hydrogen (secondary N) is 3. The largest absolute Gasteiger partial charge is 0.508 e. The van der Waals surface area contributed by atoms with Gasteiger partial charge in [0.15, 0.2) is 0 Å². The van der Waals surface area contributed by atoms with Crippen LogP contribution in [0.2, 0.25) is 0 Å². The Labute approximate surface area is 212 Å². The summed E-state index contributed by atoms with van der Waals surface area (Å²) < 4.78 is 0. The van der Waals surface area contributed by atoms with Gasteiger partial charge < -0.3 is 25.5 Å². The fourth-order valence-corrected chi connectivity index (χ4v) is 4.05. The second-order valence-electron chi connectivity index (χ2n) is 8.87. The van der Waals surface area contributed by atoms with Gasteiger partial charge >= 0.3 is 0 Å². The molecule has 0 aromatic heterocycles. The number of phenols is 3. The maximum Gasteiger partial charge on any atom is 0.142 e. The molecule has 0 aliphatic carbocycles. The molecule has 190 valence electrons. The van der Waals surface area contributed by atoms with Gasteiger partial charge in [-0.25, -0.2) is 0 Å². The summed E-state index contributed by atoms with van der Waals surface area (Å²) in [4.78, 5) is 3.63. The predicted molar refractivity (Wildman–Crippen MR) is 146 cm³/mol. The van der Waals surface area contributed by atoms with Crippen LogP contribution in [-0.4, -0.2) is 53.7 Å². The number of amidine groups is 2. The summed E-state index contributed by atoms with van der Waals surface area (Å²) in [7, 11) is 1.91. The Morgan fingerprint density at radius 2 is 1.56 bits per heavy atom. The van der Waals surface area contributed by atoms with Gasteiger partial charge in [-0.05, 0) is 67.9 Å². The van der Waals surface area contributed by atoms with Gasteiger partial charge in [-0.3, -0.25) is 15.7 Å². The zero-order chi connectivity index (χ0) is 26.4. The van der Waals surface area contributed by atoms with E-state index in [2.05, 4.69) is 17.1 Å². The Hall–Kier alpha value is -4.04. The third-order valence-corrected chi connectivity index (χ3v) is 6.08. The maximum absolute atomic E-state index is 10.6. The smallest absolute Gasteiger partial charge is 0.142 e. The van der Waals surface area contributed by atoms with Crippen molar-refractivity contribution in [2.24, 2.45) is 0 Å². The van der Waals surface area contributed by atoms with Gasteiger partial charge in [-0.15, -0.1) is 0 Å². The van der Waals surface area contributed by atoms with Crippen LogP contribution < -0.4 is 15.1 Å². The number of benzene rings is 3. The Kier molecular flexibility index (Phi) is 8.55. The standard InChI is InChI=1S/C28H35N5O3/c1-5-32(14-13-31-4)20-9-11-21(12-10-20)33(27(29)19-7-6-8-22(34)15-19)28(30)24-16-23(18(2)3)25(35)17-26(24)36/h6-12,15-18,29-31,34-36H,5,13-14H2,1-4H3. The van der Waals surface area contributed by atoms with E-state index in [0.29, 0.717) is 16.8 Å². The maximum atomic E-state index is 10.6. The lowest BCUT2D eigenvalue weighted by molar-refractivity contribution is 0.443. The van der Waals surface area contributed by atoms with Gasteiger partial charge in [0.25, 0.3) is 0 Å². The van der Waals surface area contributed by atoms with Gasteiger partial charge in [0.1, 0.15) is 28.9 Å². The first-order valence-electron chi connectivity index (χ1n) is 12.0. The fraction of sp³-hybridized carbons (Fsp3) is 0.286. The summed E-state index contributed by atoms with van der Waals surface area (Å²) in [6.45, 7) is 8.43. The number of hydrogen-bond acceptors (Lipinski definition) is 7. The van der Waals surface area contributed by atoms with Crippen molar-refractivity contribution in [2.75, 3.05) is 36.5 Å². The monoisotopic (exact) mass is 489 g/mol. The number of hydrogen-bond donors (Lipinski definition) is 6. The van der Waals surface area contributed by atoms with Gasteiger partial charge in [0.05, 0.1) is 5.56 Å². The minimum atomic E-state index is -0.253. The molecule has 0 aliphatic heterocycles. The molecule has 3 aromatic rings. The van der Waals surface area contributed by atoms with Gasteiger partial charge in [0, 0.05) is 42.6 Å². The fourth-order valence-electron chi connectivity index (χ4n) is 4.05. The van der Waals surface area contributed by atoms with Crippen molar-refractivity contribution >= 4 is 23.0 Å². The second-order valence-corrected chi connectivity index (χ2v) is 8.87. The highest BCUT2D eigenvalue weighted by molar-refractivity contribution is 6.28. The summed E-state index contributed by atoms with van der Waals surface area (Å²) in [5.74, 6) is -0.483. The Bertz CT molecular complexity index is 1220. The molecule has 0 fully saturated rings. The zero-order valence-electron chi connectivity index (χ0n) is 21.2. The first-order chi connectivity index (χ1) is 17.2. The molecule has 0 aliphatic rings. The summed E-state index contributed by atoms with van der Waals surface area (Å²) in [6, 6.07) is 16.7. The molecule has 3 aromatic carbocycles. The van der Waals surface area contributed by atoms with Crippen molar-refractivity contribution in [3.63, 3.8) is 0 Å². The average molecular weight is 490 g/mol. The number of nitrogens with zero attached hydrogens (tertiary/aromatic N) is 2. The van der Waals surface area contributed by atoms with Crippen LogP contribution in [0.5, 0.6) is 17.2 Å². The van der Waals surface area contributed by atoms with Crippen LogP contribution >= 0.6 is 0 Å². The molecule has 3 rings (SSSR count). The topological polar surface area (TPSA) is 127 Å². The molecule has 0 spiro atoms. The number of phenolic OH excluding ortho intramolecular Hbond substituents is 3. The van der Waals surface area contributed by atoms with Crippen molar-refractivity contribution in [1.29, 1.82) is 10.8 Å². The van der Waals surface area contributed by atoms with E-state index in [1.54, 1.807) is 18.2 Å². The SMILES string of the molecule is CCN(CCNC)c1ccc(N(C(=N)c2cccc(O)c2)C(=N)c2cc(C(C)C)c(O)cc2O)cc1. The molecular formula is C28H35N5O3. The van der Waals surface area contributed by atoms with Crippen molar-refractivity contribution in [1.82, 2.24) is 5.32 Å². The zero-order valence-corrected chi connectivity index (χ0v) is 21.2. The summed E-state index contributed by atoms with van der Waals surface area (Å²) in [5.41, 5.74) is 2.77. The minimum absolute atomic E-state index is 0.0109. The summed E-state index contributed by atoms with van der Waals surface area (Å²) in [5, 5.41) is 52.0. The molecular weight excluding hydrogens is 454 g/mol. The van der Waals surface area contributed by atoms with Crippen molar-refractivity contribution in [3.05, 3.63) is 77.4 Å². The molecule has 0 radical (unpaired) electrons. The third kappa shape index (κ3) is 5.78. The normalized spacial score (nSPS) is 10.9. The van der Waals surface area contributed by atoms with Gasteiger partial charge in [0.2, 0.25) is 0 Å². The summed E-state index contributed by atoms with van der Waals surface area (Å²) in [6.07, 6.45) is 0. The summed E-state index contributed by atoms with van der Waals surface area (Å²) >= 11 is 0. The van der Waals surface area contributed by atoms with Crippen LogP contribution in [0.4, 0.5) is 11.4 Å². The highest BCUT2D eigenvalue weighted by Gasteiger charge is 2.25. The first-order valence-corrected chi connectivity index (χ1v) is 12.0. The predicted octanol–water partition coefficient (Wildman–Crippen LogP) is 4.83. The van der Waals surface area contributed by atoms with Crippen LogP contribution in [0.15, 0.2) is 60.7 Å². The molecule has 0 atom stereocenters. The first kappa shape index (κ1) is 26.6. The van der Waals surface area contributed by atoms with E-state index in [1.807, 2.05) is 45.2 Å². The molecule has 8 nitrogen and oxygen atoms in total. The highest BCUT2D eigenvalue weighted by atomic mass is 16.3.